The van der Waals surface area contributed by atoms with Crippen LogP contribution in [0.1, 0.15) is 6.92 Å². The molecule has 0 fully saturated rings. The Balaban J connectivity index is 3.75. The predicted molar refractivity (Wildman–Crippen MR) is 58.4 cm³/mol. The largest absolute Gasteiger partial charge is 0.432 e. The first kappa shape index (κ1) is 12.4. The molecule has 0 bridgehead atoms. The van der Waals surface area contributed by atoms with Gasteiger partial charge in [0.1, 0.15) is 0 Å². The van der Waals surface area contributed by atoms with Crippen molar-refractivity contribution in [1.29, 1.82) is 0 Å². The van der Waals surface area contributed by atoms with E-state index in [-0.39, 0.29) is 0 Å². The minimum atomic E-state index is -1.84. The normalized spacial score (nSPS) is 13.5. The Hall–Kier alpha value is 0.354. The molecular formula is C8H22O2Si2. The molecule has 0 amide bonds. The highest BCUT2D eigenvalue weighted by atomic mass is 28.4. The first-order chi connectivity index (χ1) is 5.27. The summed E-state index contributed by atoms with van der Waals surface area (Å²) in [5.74, 6) is 0. The summed E-state index contributed by atoms with van der Waals surface area (Å²) in [5, 5.41) is 0. The van der Waals surface area contributed by atoms with Crippen molar-refractivity contribution in [3.8, 4) is 0 Å². The van der Waals surface area contributed by atoms with Crippen LogP contribution in [0, 0.1) is 0 Å². The zero-order valence-corrected chi connectivity index (χ0v) is 11.0. The van der Waals surface area contributed by atoms with Crippen LogP contribution in [0.3, 0.4) is 0 Å². The molecule has 2 nitrogen and oxygen atoms in total. The zero-order chi connectivity index (χ0) is 9.83. The van der Waals surface area contributed by atoms with Crippen molar-refractivity contribution < 1.29 is 9.22 Å². The highest BCUT2D eigenvalue weighted by Gasteiger charge is 2.26. The molecule has 0 saturated heterocycles. The van der Waals surface area contributed by atoms with Gasteiger partial charge in [0, 0.05) is 6.61 Å². The van der Waals surface area contributed by atoms with Crippen molar-refractivity contribution in [3.63, 3.8) is 0 Å². The molecule has 0 radical (unpaired) electrons. The van der Waals surface area contributed by atoms with Crippen molar-refractivity contribution in [2.24, 2.45) is 0 Å². The Kier molecular flexibility index (Phi) is 4.69. The summed E-state index contributed by atoms with van der Waals surface area (Å²) < 4.78 is 5.67. The monoisotopic (exact) mass is 206 g/mol. The topological polar surface area (TPSA) is 29.5 Å². The summed E-state index contributed by atoms with van der Waals surface area (Å²) in [4.78, 5) is 9.65. The van der Waals surface area contributed by atoms with Gasteiger partial charge in [0.05, 0.1) is 0 Å². The molecule has 12 heavy (non-hydrogen) atoms. The average Bonchev–Trinajstić information content (AvgIpc) is 1.83. The van der Waals surface area contributed by atoms with Gasteiger partial charge in [0.25, 0.3) is 0 Å². The Bertz CT molecular complexity index is 130. The van der Waals surface area contributed by atoms with E-state index in [0.29, 0.717) is 0 Å². The molecule has 0 aliphatic carbocycles. The summed E-state index contributed by atoms with van der Waals surface area (Å²) in [6.07, 6.45) is 0. The molecule has 0 atom stereocenters. The maximum atomic E-state index is 9.65. The van der Waals surface area contributed by atoms with Gasteiger partial charge in [-0.3, -0.25) is 0 Å². The molecule has 0 rings (SSSR count). The number of hydrogen-bond acceptors (Lipinski definition) is 2. The van der Waals surface area contributed by atoms with Gasteiger partial charge in [-0.15, -0.1) is 0 Å². The van der Waals surface area contributed by atoms with Crippen LogP contribution in [-0.2, 0) is 4.43 Å². The Morgan fingerprint density at radius 2 is 1.58 bits per heavy atom. The molecule has 0 aliphatic rings. The van der Waals surface area contributed by atoms with E-state index >= 15 is 0 Å². The summed E-state index contributed by atoms with van der Waals surface area (Å²) in [5.41, 5.74) is 0. The third kappa shape index (κ3) is 7.03. The highest BCUT2D eigenvalue weighted by Crippen LogP contribution is 2.19. The fourth-order valence-corrected chi connectivity index (χ4v) is 6.85. The van der Waals surface area contributed by atoms with Crippen LogP contribution in [0.2, 0.25) is 38.3 Å². The van der Waals surface area contributed by atoms with E-state index in [1.807, 2.05) is 20.0 Å². The Morgan fingerprint density at radius 1 is 1.08 bits per heavy atom. The molecule has 0 aromatic carbocycles. The van der Waals surface area contributed by atoms with Gasteiger partial charge in [0.2, 0.25) is 0 Å². The van der Waals surface area contributed by atoms with Gasteiger partial charge in [-0.2, -0.15) is 0 Å². The average molecular weight is 206 g/mol. The molecule has 0 aromatic heterocycles. The molecular weight excluding hydrogens is 184 g/mol. The first-order valence-corrected chi connectivity index (χ1v) is 10.9. The van der Waals surface area contributed by atoms with Crippen LogP contribution in [0.15, 0.2) is 0 Å². The smallest absolute Gasteiger partial charge is 0.186 e. The number of rotatable bonds is 5. The van der Waals surface area contributed by atoms with E-state index in [2.05, 4.69) is 13.1 Å². The van der Waals surface area contributed by atoms with Crippen molar-refractivity contribution in [1.82, 2.24) is 0 Å². The second-order valence-corrected chi connectivity index (χ2v) is 12.9. The molecule has 1 N–H and O–H groups in total. The lowest BCUT2D eigenvalue weighted by Crippen LogP contribution is -2.34. The van der Waals surface area contributed by atoms with Crippen LogP contribution in [0.5, 0.6) is 0 Å². The van der Waals surface area contributed by atoms with Gasteiger partial charge < -0.3 is 9.22 Å². The molecule has 0 aliphatic heterocycles. The second-order valence-electron chi connectivity index (χ2n) is 4.51. The summed E-state index contributed by atoms with van der Waals surface area (Å²) in [7, 11) is -3.28. The van der Waals surface area contributed by atoms with E-state index in [4.69, 9.17) is 4.43 Å². The molecule has 74 valence electrons. The standard InChI is InChI=1S/C8H22O2Si2/c1-6-10-12(4,5)8-7-11(2,3)9/h9H,6-8H2,1-5H3. The molecule has 0 unspecified atom stereocenters. The van der Waals surface area contributed by atoms with E-state index in [1.54, 1.807) is 0 Å². The third-order valence-corrected chi connectivity index (χ3v) is 6.37. The van der Waals surface area contributed by atoms with Crippen LogP contribution in [0.25, 0.3) is 0 Å². The van der Waals surface area contributed by atoms with Gasteiger partial charge in [-0.1, -0.05) is 0 Å². The maximum absolute atomic E-state index is 9.65. The fraction of sp³-hybridized carbons (Fsp3) is 1.00. The van der Waals surface area contributed by atoms with Gasteiger partial charge >= 0.3 is 0 Å². The van der Waals surface area contributed by atoms with Crippen molar-refractivity contribution in [2.45, 2.75) is 45.2 Å². The highest BCUT2D eigenvalue weighted by molar-refractivity contribution is 6.76. The quantitative estimate of drug-likeness (QED) is 0.700. The van der Waals surface area contributed by atoms with Crippen molar-refractivity contribution in [2.75, 3.05) is 6.61 Å². The summed E-state index contributed by atoms with van der Waals surface area (Å²) in [6, 6.07) is 2.07. The van der Waals surface area contributed by atoms with E-state index in [1.165, 1.54) is 0 Å². The molecule has 0 saturated carbocycles. The van der Waals surface area contributed by atoms with E-state index in [0.717, 1.165) is 18.7 Å². The Labute approximate surface area is 78.2 Å². The van der Waals surface area contributed by atoms with Crippen LogP contribution >= 0.6 is 0 Å². The lowest BCUT2D eigenvalue weighted by Gasteiger charge is -2.24. The summed E-state index contributed by atoms with van der Waals surface area (Å²) >= 11 is 0. The summed E-state index contributed by atoms with van der Waals surface area (Å²) in [6.45, 7) is 11.3. The molecule has 0 heterocycles. The van der Waals surface area contributed by atoms with Gasteiger partial charge in [-0.25, -0.2) is 0 Å². The molecule has 4 heteroatoms. The Morgan fingerprint density at radius 3 is 1.92 bits per heavy atom. The van der Waals surface area contributed by atoms with Crippen LogP contribution in [-0.4, -0.2) is 28.0 Å². The van der Waals surface area contributed by atoms with Gasteiger partial charge in [-0.05, 0) is 45.2 Å². The third-order valence-electron chi connectivity index (χ3n) is 1.87. The van der Waals surface area contributed by atoms with Gasteiger partial charge in [0.15, 0.2) is 16.6 Å². The zero-order valence-electron chi connectivity index (χ0n) is 8.98. The minimum Gasteiger partial charge on any atom is -0.432 e. The van der Waals surface area contributed by atoms with Crippen molar-refractivity contribution >= 4 is 16.6 Å². The van der Waals surface area contributed by atoms with Crippen LogP contribution < -0.4 is 0 Å². The first-order valence-electron chi connectivity index (χ1n) is 4.63. The molecule has 0 spiro atoms. The lowest BCUT2D eigenvalue weighted by atomic mass is 10.9. The SMILES string of the molecule is CCO[Si](C)(C)CC[Si](C)(C)O. The number of hydrogen-bond donors (Lipinski definition) is 1. The van der Waals surface area contributed by atoms with E-state index < -0.39 is 16.6 Å². The fourth-order valence-electron chi connectivity index (χ4n) is 1.07. The van der Waals surface area contributed by atoms with E-state index in [9.17, 15) is 4.80 Å². The van der Waals surface area contributed by atoms with Crippen LogP contribution in [0.4, 0.5) is 0 Å². The maximum Gasteiger partial charge on any atom is 0.186 e. The lowest BCUT2D eigenvalue weighted by molar-refractivity contribution is 0.329. The minimum absolute atomic E-state index is 0.812. The predicted octanol–water partition coefficient (Wildman–Crippen LogP) is 2.43. The second kappa shape index (κ2) is 4.55. The van der Waals surface area contributed by atoms with Crippen molar-refractivity contribution in [3.05, 3.63) is 0 Å². The molecule has 0 aromatic rings.